The lowest BCUT2D eigenvalue weighted by atomic mass is 10.00. The normalized spacial score (nSPS) is 23.2. The Morgan fingerprint density at radius 1 is 0.611 bits per heavy atom. The van der Waals surface area contributed by atoms with E-state index in [1.165, 1.54) is 11.1 Å². The molecule has 0 unspecified atom stereocenters. The summed E-state index contributed by atoms with van der Waals surface area (Å²) in [5.41, 5.74) is 2.43. The molecule has 2 aromatic rings. The minimum Gasteiger partial charge on any atom is -0.343 e. The molecular weight excluding hydrogens is 448 g/mol. The van der Waals surface area contributed by atoms with Crippen LogP contribution in [0.1, 0.15) is 61.7 Å². The summed E-state index contributed by atoms with van der Waals surface area (Å²) in [6, 6.07) is 21.0. The number of carbonyl (C=O) groups is 2. The lowest BCUT2D eigenvalue weighted by Gasteiger charge is -2.35. The van der Waals surface area contributed by atoms with Gasteiger partial charge in [0.2, 0.25) is 11.8 Å². The van der Waals surface area contributed by atoms with Crippen molar-refractivity contribution in [2.24, 2.45) is 0 Å². The van der Waals surface area contributed by atoms with Crippen LogP contribution in [0.3, 0.4) is 0 Å². The molecule has 0 radical (unpaired) electrons. The van der Waals surface area contributed by atoms with Gasteiger partial charge in [0, 0.05) is 64.2 Å². The van der Waals surface area contributed by atoms with Crippen molar-refractivity contribution in [2.45, 2.75) is 50.6 Å². The van der Waals surface area contributed by atoms with Gasteiger partial charge in [-0.1, -0.05) is 60.7 Å². The summed E-state index contributed by atoms with van der Waals surface area (Å²) in [6.07, 6.45) is 4.90. The van der Waals surface area contributed by atoms with Gasteiger partial charge < -0.3 is 9.80 Å². The number of hydrogen-bond donors (Lipinski definition) is 0. The second kappa shape index (κ2) is 13.0. The van der Waals surface area contributed by atoms with Crippen LogP contribution in [0.15, 0.2) is 60.7 Å². The van der Waals surface area contributed by atoms with Crippen LogP contribution in [0.4, 0.5) is 0 Å². The number of hydrogen-bond acceptors (Lipinski definition) is 4. The van der Waals surface area contributed by atoms with Gasteiger partial charge in [0.1, 0.15) is 0 Å². The van der Waals surface area contributed by atoms with Crippen molar-refractivity contribution in [2.75, 3.05) is 53.4 Å². The summed E-state index contributed by atoms with van der Waals surface area (Å²) in [5.74, 6) is 0.484. The van der Waals surface area contributed by atoms with Crippen molar-refractivity contribution in [3.05, 3.63) is 71.8 Å². The Balaban J connectivity index is 1.27. The molecule has 194 valence electrons. The van der Waals surface area contributed by atoms with Crippen LogP contribution in [0.2, 0.25) is 0 Å². The lowest BCUT2D eigenvalue weighted by Crippen LogP contribution is -2.42. The number of rotatable bonds is 7. The first-order valence-electron chi connectivity index (χ1n) is 13.6. The lowest BCUT2D eigenvalue weighted by molar-refractivity contribution is -0.135. The van der Waals surface area contributed by atoms with E-state index >= 15 is 0 Å². The number of unbranched alkanes of at least 4 members (excludes halogenated alkanes) is 1. The molecule has 6 nitrogen and oxygen atoms in total. The van der Waals surface area contributed by atoms with Crippen LogP contribution in [-0.2, 0) is 9.59 Å². The highest BCUT2D eigenvalue weighted by Crippen LogP contribution is 2.27. The fourth-order valence-corrected chi connectivity index (χ4v) is 5.66. The van der Waals surface area contributed by atoms with E-state index in [-0.39, 0.29) is 23.9 Å². The number of carbonyl (C=O) groups excluding carboxylic acids is 2. The number of amides is 2. The summed E-state index contributed by atoms with van der Waals surface area (Å²) >= 11 is 0. The molecule has 2 atom stereocenters. The van der Waals surface area contributed by atoms with Crippen molar-refractivity contribution in [3.63, 3.8) is 0 Å². The van der Waals surface area contributed by atoms with Crippen LogP contribution in [0.25, 0.3) is 0 Å². The molecule has 2 aliphatic rings. The fourth-order valence-electron chi connectivity index (χ4n) is 5.66. The van der Waals surface area contributed by atoms with Gasteiger partial charge in [-0.2, -0.15) is 0 Å². The minimum absolute atomic E-state index is 0.135. The van der Waals surface area contributed by atoms with E-state index < -0.39 is 0 Å². The van der Waals surface area contributed by atoms with Crippen LogP contribution in [-0.4, -0.2) is 84.8 Å². The third-order valence-electron chi connectivity index (χ3n) is 7.86. The molecule has 2 aliphatic heterocycles. The molecule has 2 saturated heterocycles. The highest BCUT2D eigenvalue weighted by Gasteiger charge is 2.28. The topological polar surface area (TPSA) is 47.1 Å². The smallest absolute Gasteiger partial charge is 0.224 e. The third-order valence-corrected chi connectivity index (χ3v) is 7.86. The van der Waals surface area contributed by atoms with Crippen molar-refractivity contribution in [1.29, 1.82) is 0 Å². The van der Waals surface area contributed by atoms with Gasteiger partial charge in [-0.05, 0) is 50.9 Å². The first-order chi connectivity index (χ1) is 17.5. The van der Waals surface area contributed by atoms with Crippen LogP contribution in [0.5, 0.6) is 0 Å². The average Bonchev–Trinajstić information content (AvgIpc) is 2.89. The van der Waals surface area contributed by atoms with Crippen molar-refractivity contribution in [1.82, 2.24) is 19.6 Å². The maximum absolute atomic E-state index is 13.2. The second-order valence-electron chi connectivity index (χ2n) is 10.4. The minimum atomic E-state index is 0.135. The third kappa shape index (κ3) is 6.95. The molecule has 0 aromatic heterocycles. The predicted molar refractivity (Wildman–Crippen MR) is 144 cm³/mol. The SMILES string of the molecule is CN1CCCN(CCCCN2CCCN(C)[C@@H](c3ccccc3)CC2=O)C(=O)C[C@@H]1c1ccccc1. The Bertz CT molecular complexity index is 888. The second-order valence-corrected chi connectivity index (χ2v) is 10.4. The Morgan fingerprint density at radius 2 is 1.00 bits per heavy atom. The zero-order valence-electron chi connectivity index (χ0n) is 22.0. The molecule has 2 amide bonds. The molecule has 6 heteroatoms. The quantitative estimate of drug-likeness (QED) is 0.541. The van der Waals surface area contributed by atoms with Crippen LogP contribution in [0, 0.1) is 0 Å². The molecule has 0 spiro atoms. The molecule has 36 heavy (non-hydrogen) atoms. The largest absolute Gasteiger partial charge is 0.343 e. The molecule has 2 fully saturated rings. The fraction of sp³-hybridized carbons (Fsp3) is 0.533. The maximum atomic E-state index is 13.2. The summed E-state index contributed by atoms with van der Waals surface area (Å²) in [4.78, 5) is 35.1. The van der Waals surface area contributed by atoms with E-state index in [4.69, 9.17) is 0 Å². The molecule has 2 heterocycles. The van der Waals surface area contributed by atoms with Crippen LogP contribution < -0.4 is 0 Å². The highest BCUT2D eigenvalue weighted by atomic mass is 16.2. The van der Waals surface area contributed by atoms with E-state index in [0.717, 1.165) is 65.0 Å². The van der Waals surface area contributed by atoms with E-state index in [2.05, 4.69) is 82.2 Å². The molecule has 0 saturated carbocycles. The van der Waals surface area contributed by atoms with Gasteiger partial charge in [0.15, 0.2) is 0 Å². The summed E-state index contributed by atoms with van der Waals surface area (Å²) in [5, 5.41) is 0. The van der Waals surface area contributed by atoms with Gasteiger partial charge in [0.05, 0.1) is 0 Å². The van der Waals surface area contributed by atoms with Crippen LogP contribution >= 0.6 is 0 Å². The zero-order chi connectivity index (χ0) is 25.3. The first kappa shape index (κ1) is 26.4. The van der Waals surface area contributed by atoms with Gasteiger partial charge >= 0.3 is 0 Å². The van der Waals surface area contributed by atoms with E-state index in [1.807, 2.05) is 12.1 Å². The summed E-state index contributed by atoms with van der Waals surface area (Å²) in [6.45, 7) is 5.17. The summed E-state index contributed by atoms with van der Waals surface area (Å²) in [7, 11) is 4.25. The average molecular weight is 491 g/mol. The predicted octanol–water partition coefficient (Wildman–Crippen LogP) is 4.36. The Kier molecular flexibility index (Phi) is 9.54. The standard InChI is InChI=1S/C30H42N4O2/c1-31-17-11-21-33(29(35)23-27(31)25-13-5-3-6-14-25)19-9-10-20-34-22-12-18-32(2)28(24-30(34)36)26-15-7-4-8-16-26/h3-8,13-16,27-28H,9-12,17-24H2,1-2H3/t27-,28-/m1/s1. The molecular formula is C30H42N4O2. The molecule has 0 N–H and O–H groups in total. The highest BCUT2D eigenvalue weighted by molar-refractivity contribution is 5.77. The van der Waals surface area contributed by atoms with E-state index in [0.29, 0.717) is 12.8 Å². The monoisotopic (exact) mass is 490 g/mol. The summed E-state index contributed by atoms with van der Waals surface area (Å²) < 4.78 is 0. The van der Waals surface area contributed by atoms with Gasteiger partial charge in [-0.3, -0.25) is 19.4 Å². The van der Waals surface area contributed by atoms with E-state index in [9.17, 15) is 9.59 Å². The van der Waals surface area contributed by atoms with E-state index in [1.54, 1.807) is 0 Å². The Morgan fingerprint density at radius 3 is 1.39 bits per heavy atom. The van der Waals surface area contributed by atoms with Crippen molar-refractivity contribution >= 4 is 11.8 Å². The Labute approximate surface area is 216 Å². The molecule has 0 aliphatic carbocycles. The van der Waals surface area contributed by atoms with Crippen molar-refractivity contribution < 1.29 is 9.59 Å². The Hall–Kier alpha value is -2.70. The van der Waals surface area contributed by atoms with Gasteiger partial charge in [-0.25, -0.2) is 0 Å². The van der Waals surface area contributed by atoms with Gasteiger partial charge in [0.25, 0.3) is 0 Å². The zero-order valence-corrected chi connectivity index (χ0v) is 22.0. The molecule has 0 bridgehead atoms. The molecule has 4 rings (SSSR count). The number of nitrogens with zero attached hydrogens (tertiary/aromatic N) is 4. The van der Waals surface area contributed by atoms with Crippen molar-refractivity contribution in [3.8, 4) is 0 Å². The molecule has 2 aromatic carbocycles. The van der Waals surface area contributed by atoms with Gasteiger partial charge in [-0.15, -0.1) is 0 Å². The first-order valence-corrected chi connectivity index (χ1v) is 13.6. The number of benzene rings is 2. The maximum Gasteiger partial charge on any atom is 0.224 e.